The van der Waals surface area contributed by atoms with Crippen LogP contribution in [0.1, 0.15) is 24.8 Å². The minimum absolute atomic E-state index is 0.287. The van der Waals surface area contributed by atoms with Crippen molar-refractivity contribution in [3.05, 3.63) is 29.8 Å². The van der Waals surface area contributed by atoms with Crippen molar-refractivity contribution in [3.8, 4) is 0 Å². The maximum absolute atomic E-state index is 12.3. The predicted octanol–water partition coefficient (Wildman–Crippen LogP) is 2.94. The van der Waals surface area contributed by atoms with Crippen LogP contribution < -0.4 is 5.32 Å². The topological polar surface area (TPSA) is 32.3 Å². The maximum Gasteiger partial charge on any atom is 0.232 e. The van der Waals surface area contributed by atoms with Gasteiger partial charge in [0.2, 0.25) is 5.91 Å². The van der Waals surface area contributed by atoms with Crippen LogP contribution in [0.4, 0.5) is 0 Å². The fraction of sp³-hybridized carbons (Fsp3) is 0.588. The van der Waals surface area contributed by atoms with E-state index in [1.807, 2.05) is 24.1 Å². The smallest absolute Gasteiger partial charge is 0.232 e. The molecule has 1 aliphatic rings. The van der Waals surface area contributed by atoms with Crippen molar-refractivity contribution in [2.24, 2.45) is 5.92 Å². The lowest BCUT2D eigenvalue weighted by atomic mass is 9.93. The Morgan fingerprint density at radius 3 is 2.71 bits per heavy atom. The van der Waals surface area contributed by atoms with Crippen LogP contribution in [-0.4, -0.2) is 43.2 Å². The molecule has 0 spiro atoms. The van der Waals surface area contributed by atoms with E-state index in [-0.39, 0.29) is 5.91 Å². The summed E-state index contributed by atoms with van der Waals surface area (Å²) in [4.78, 5) is 15.6. The number of piperidine rings is 1. The maximum atomic E-state index is 12.3. The molecule has 0 saturated carbocycles. The minimum Gasteiger partial charge on any atom is -0.342 e. The van der Waals surface area contributed by atoms with Gasteiger partial charge in [-0.3, -0.25) is 4.79 Å². The van der Waals surface area contributed by atoms with Crippen molar-refractivity contribution in [2.75, 3.05) is 32.4 Å². The van der Waals surface area contributed by atoms with E-state index in [0.29, 0.717) is 5.75 Å². The van der Waals surface area contributed by atoms with Gasteiger partial charge in [-0.25, -0.2) is 0 Å². The molecular weight excluding hydrogens is 280 g/mol. The molecule has 0 atom stereocenters. The summed E-state index contributed by atoms with van der Waals surface area (Å²) in [6.07, 6.45) is 3.54. The van der Waals surface area contributed by atoms with Gasteiger partial charge in [0.15, 0.2) is 0 Å². The summed E-state index contributed by atoms with van der Waals surface area (Å²) >= 11 is 1.66. The molecule has 1 saturated heterocycles. The highest BCUT2D eigenvalue weighted by atomic mass is 32.2. The highest BCUT2D eigenvalue weighted by Crippen LogP contribution is 2.24. The third-order valence-corrected chi connectivity index (χ3v) is 5.37. The van der Waals surface area contributed by atoms with Crippen molar-refractivity contribution in [2.45, 2.75) is 31.1 Å². The fourth-order valence-corrected chi connectivity index (χ4v) is 3.70. The van der Waals surface area contributed by atoms with Crippen LogP contribution in [0.3, 0.4) is 0 Å². The second kappa shape index (κ2) is 8.44. The Balaban J connectivity index is 1.74. The molecule has 1 aromatic rings. The van der Waals surface area contributed by atoms with Gasteiger partial charge >= 0.3 is 0 Å². The molecule has 2 rings (SSSR count). The highest BCUT2D eigenvalue weighted by molar-refractivity contribution is 8.00. The Kier molecular flexibility index (Phi) is 6.58. The van der Waals surface area contributed by atoms with Crippen LogP contribution in [0.2, 0.25) is 0 Å². The van der Waals surface area contributed by atoms with Crippen LogP contribution in [0.5, 0.6) is 0 Å². The molecule has 21 heavy (non-hydrogen) atoms. The van der Waals surface area contributed by atoms with Crippen molar-refractivity contribution in [3.63, 3.8) is 0 Å². The van der Waals surface area contributed by atoms with Gasteiger partial charge in [-0.2, -0.15) is 0 Å². The highest BCUT2D eigenvalue weighted by Gasteiger charge is 2.22. The molecule has 0 radical (unpaired) electrons. The number of amides is 1. The van der Waals surface area contributed by atoms with E-state index in [9.17, 15) is 4.79 Å². The summed E-state index contributed by atoms with van der Waals surface area (Å²) in [6, 6.07) is 8.27. The predicted molar refractivity (Wildman–Crippen MR) is 89.8 cm³/mol. The molecule has 1 fully saturated rings. The van der Waals surface area contributed by atoms with E-state index in [1.54, 1.807) is 11.8 Å². The van der Waals surface area contributed by atoms with Crippen LogP contribution in [0, 0.1) is 12.8 Å². The summed E-state index contributed by atoms with van der Waals surface area (Å²) in [5.74, 6) is 1.63. The first-order valence-electron chi connectivity index (χ1n) is 7.81. The van der Waals surface area contributed by atoms with Crippen molar-refractivity contribution in [1.29, 1.82) is 0 Å². The van der Waals surface area contributed by atoms with Gasteiger partial charge in [-0.05, 0) is 57.3 Å². The molecule has 4 heteroatoms. The quantitative estimate of drug-likeness (QED) is 0.820. The molecule has 116 valence electrons. The zero-order valence-electron chi connectivity index (χ0n) is 13.1. The SMILES string of the molecule is CNCCC1CCN(C(=O)CSc2ccccc2C)CC1. The average Bonchev–Trinajstić information content (AvgIpc) is 2.52. The number of nitrogens with zero attached hydrogens (tertiary/aromatic N) is 1. The summed E-state index contributed by atoms with van der Waals surface area (Å²) in [6.45, 7) is 5.05. The normalized spacial score (nSPS) is 16.2. The number of carbonyl (C=O) groups is 1. The van der Waals surface area contributed by atoms with Gasteiger partial charge < -0.3 is 10.2 Å². The number of rotatable bonds is 6. The van der Waals surface area contributed by atoms with Crippen molar-refractivity contribution < 1.29 is 4.79 Å². The number of hydrogen-bond acceptors (Lipinski definition) is 3. The number of nitrogens with one attached hydrogen (secondary N) is 1. The Hall–Kier alpha value is -1.00. The number of carbonyl (C=O) groups excluding carboxylic acids is 1. The Labute approximate surface area is 132 Å². The van der Waals surface area contributed by atoms with Gasteiger partial charge in [0.05, 0.1) is 5.75 Å². The Bertz CT molecular complexity index is 456. The summed E-state index contributed by atoms with van der Waals surface area (Å²) in [5, 5.41) is 3.21. The summed E-state index contributed by atoms with van der Waals surface area (Å²) < 4.78 is 0. The van der Waals surface area contributed by atoms with E-state index in [1.165, 1.54) is 16.9 Å². The number of hydrogen-bond donors (Lipinski definition) is 1. The van der Waals surface area contributed by atoms with Crippen LogP contribution >= 0.6 is 11.8 Å². The minimum atomic E-state index is 0.287. The first-order chi connectivity index (χ1) is 10.2. The zero-order chi connectivity index (χ0) is 15.1. The van der Waals surface area contributed by atoms with Gasteiger partial charge in [0.25, 0.3) is 0 Å². The third kappa shape index (κ3) is 5.04. The largest absolute Gasteiger partial charge is 0.342 e. The van der Waals surface area contributed by atoms with Gasteiger partial charge in [0, 0.05) is 18.0 Å². The lowest BCUT2D eigenvalue weighted by Gasteiger charge is -2.32. The summed E-state index contributed by atoms with van der Waals surface area (Å²) in [5.41, 5.74) is 1.25. The first-order valence-corrected chi connectivity index (χ1v) is 8.80. The second-order valence-electron chi connectivity index (χ2n) is 5.77. The molecular formula is C17H26N2OS. The number of aryl methyl sites for hydroxylation is 1. The van der Waals surface area contributed by atoms with E-state index < -0.39 is 0 Å². The molecule has 3 nitrogen and oxygen atoms in total. The van der Waals surface area contributed by atoms with E-state index in [0.717, 1.165) is 38.4 Å². The van der Waals surface area contributed by atoms with E-state index in [4.69, 9.17) is 0 Å². The number of benzene rings is 1. The van der Waals surface area contributed by atoms with E-state index in [2.05, 4.69) is 24.4 Å². The van der Waals surface area contributed by atoms with Crippen LogP contribution in [0.25, 0.3) is 0 Å². The Morgan fingerprint density at radius 2 is 2.05 bits per heavy atom. The van der Waals surface area contributed by atoms with Crippen LogP contribution in [0.15, 0.2) is 29.2 Å². The molecule has 1 N–H and O–H groups in total. The third-order valence-electron chi connectivity index (χ3n) is 4.21. The zero-order valence-corrected chi connectivity index (χ0v) is 13.9. The fourth-order valence-electron chi connectivity index (χ4n) is 2.77. The number of thioether (sulfide) groups is 1. The monoisotopic (exact) mass is 306 g/mol. The second-order valence-corrected chi connectivity index (χ2v) is 6.79. The Morgan fingerprint density at radius 1 is 1.33 bits per heavy atom. The lowest BCUT2D eigenvalue weighted by molar-refractivity contribution is -0.129. The lowest BCUT2D eigenvalue weighted by Crippen LogP contribution is -2.39. The molecule has 0 aromatic heterocycles. The molecule has 0 aliphatic carbocycles. The van der Waals surface area contributed by atoms with Gasteiger partial charge in [-0.15, -0.1) is 11.8 Å². The molecule has 1 aliphatic heterocycles. The van der Waals surface area contributed by atoms with E-state index >= 15 is 0 Å². The average molecular weight is 306 g/mol. The summed E-state index contributed by atoms with van der Waals surface area (Å²) in [7, 11) is 2.00. The number of likely N-dealkylation sites (tertiary alicyclic amines) is 1. The van der Waals surface area contributed by atoms with Crippen molar-refractivity contribution >= 4 is 17.7 Å². The molecule has 1 heterocycles. The molecule has 0 bridgehead atoms. The molecule has 0 unspecified atom stereocenters. The first kappa shape index (κ1) is 16.4. The standard InChI is InChI=1S/C17H26N2OS/c1-14-5-3-4-6-16(14)21-13-17(20)19-11-8-15(9-12-19)7-10-18-2/h3-6,15,18H,7-13H2,1-2H3. The van der Waals surface area contributed by atoms with Gasteiger partial charge in [0.1, 0.15) is 0 Å². The van der Waals surface area contributed by atoms with Crippen LogP contribution in [-0.2, 0) is 4.79 Å². The molecule has 1 amide bonds. The molecule has 1 aromatic carbocycles. The van der Waals surface area contributed by atoms with Crippen molar-refractivity contribution in [1.82, 2.24) is 10.2 Å². The van der Waals surface area contributed by atoms with Gasteiger partial charge in [-0.1, -0.05) is 18.2 Å².